The molecule has 0 saturated carbocycles. The molecule has 1 aromatic carbocycles. The Labute approximate surface area is 91.3 Å². The van der Waals surface area contributed by atoms with E-state index in [1.165, 1.54) is 17.8 Å². The Morgan fingerprint density at radius 1 is 1.13 bits per heavy atom. The van der Waals surface area contributed by atoms with Crippen molar-refractivity contribution in [2.24, 2.45) is 0 Å². The molecule has 0 saturated heterocycles. The Morgan fingerprint density at radius 2 is 1.87 bits per heavy atom. The lowest BCUT2D eigenvalue weighted by Crippen LogP contribution is -1.87. The Balaban J connectivity index is 2.25. The van der Waals surface area contributed by atoms with E-state index in [9.17, 15) is 4.39 Å². The number of hydrogen-bond acceptors (Lipinski definition) is 3. The lowest BCUT2D eigenvalue weighted by molar-refractivity contribution is 0.603. The molecule has 0 unspecified atom stereocenters. The maximum absolute atomic E-state index is 13.4. The predicted molar refractivity (Wildman–Crippen MR) is 59.2 cm³/mol. The Kier molecular flexibility index (Phi) is 2.87. The molecule has 0 aliphatic rings. The van der Waals surface area contributed by atoms with Crippen LogP contribution in [0.4, 0.5) is 10.1 Å². The largest absolute Gasteiger partial charge is 0.399 e. The molecule has 1 heterocycles. The zero-order valence-corrected chi connectivity index (χ0v) is 8.67. The summed E-state index contributed by atoms with van der Waals surface area (Å²) in [7, 11) is 0. The molecule has 0 fully saturated rings. The summed E-state index contributed by atoms with van der Waals surface area (Å²) in [5.74, 6) is -0.295. The Hall–Kier alpha value is -1.55. The number of nitrogens with zero attached hydrogens (tertiary/aromatic N) is 1. The third kappa shape index (κ3) is 2.47. The van der Waals surface area contributed by atoms with Crippen LogP contribution in [0.25, 0.3) is 0 Å². The van der Waals surface area contributed by atoms with Crippen molar-refractivity contribution in [1.29, 1.82) is 0 Å². The van der Waals surface area contributed by atoms with E-state index in [2.05, 4.69) is 4.98 Å². The van der Waals surface area contributed by atoms with Crippen LogP contribution in [0.1, 0.15) is 0 Å². The third-order valence-electron chi connectivity index (χ3n) is 1.83. The van der Waals surface area contributed by atoms with Crippen molar-refractivity contribution in [3.8, 4) is 0 Å². The first-order valence-corrected chi connectivity index (χ1v) is 5.20. The first-order valence-electron chi connectivity index (χ1n) is 4.38. The van der Waals surface area contributed by atoms with Gasteiger partial charge in [0.1, 0.15) is 5.82 Å². The zero-order valence-electron chi connectivity index (χ0n) is 7.85. The van der Waals surface area contributed by atoms with Gasteiger partial charge in [0.15, 0.2) is 0 Å². The minimum Gasteiger partial charge on any atom is -0.399 e. The van der Waals surface area contributed by atoms with E-state index in [0.29, 0.717) is 10.6 Å². The van der Waals surface area contributed by atoms with Crippen molar-refractivity contribution in [3.05, 3.63) is 48.5 Å². The summed E-state index contributed by atoms with van der Waals surface area (Å²) in [6, 6.07) is 8.35. The van der Waals surface area contributed by atoms with Crippen LogP contribution in [-0.4, -0.2) is 4.98 Å². The second kappa shape index (κ2) is 4.31. The van der Waals surface area contributed by atoms with Crippen LogP contribution < -0.4 is 5.73 Å². The number of anilines is 1. The van der Waals surface area contributed by atoms with Crippen LogP contribution in [0.15, 0.2) is 52.5 Å². The van der Waals surface area contributed by atoms with Crippen LogP contribution >= 0.6 is 11.8 Å². The molecule has 0 spiro atoms. The molecule has 2 nitrogen and oxygen atoms in total. The van der Waals surface area contributed by atoms with Crippen molar-refractivity contribution in [1.82, 2.24) is 4.98 Å². The van der Waals surface area contributed by atoms with E-state index < -0.39 is 0 Å². The highest BCUT2D eigenvalue weighted by Crippen LogP contribution is 2.29. The molecule has 4 heteroatoms. The monoisotopic (exact) mass is 220 g/mol. The lowest BCUT2D eigenvalue weighted by atomic mass is 10.3. The summed E-state index contributed by atoms with van der Waals surface area (Å²) in [4.78, 5) is 5.41. The van der Waals surface area contributed by atoms with Crippen LogP contribution in [0.5, 0.6) is 0 Å². The normalized spacial score (nSPS) is 10.2. The average molecular weight is 220 g/mol. The summed E-state index contributed by atoms with van der Waals surface area (Å²) in [6.07, 6.45) is 3.36. The highest BCUT2D eigenvalue weighted by Gasteiger charge is 2.03. The molecule has 15 heavy (non-hydrogen) atoms. The van der Waals surface area contributed by atoms with Crippen molar-refractivity contribution in [3.63, 3.8) is 0 Å². The van der Waals surface area contributed by atoms with E-state index in [1.807, 2.05) is 12.1 Å². The maximum Gasteiger partial charge on any atom is 0.139 e. The summed E-state index contributed by atoms with van der Waals surface area (Å²) in [6.45, 7) is 0. The molecular formula is C11H9FN2S. The van der Waals surface area contributed by atoms with Crippen molar-refractivity contribution >= 4 is 17.4 Å². The molecule has 0 amide bonds. The standard InChI is InChI=1S/C11H9FN2S/c12-10-7-8(13)1-2-11(10)15-9-3-5-14-6-4-9/h1-7H,13H2. The highest BCUT2D eigenvalue weighted by atomic mass is 32.2. The van der Waals surface area contributed by atoms with Crippen molar-refractivity contribution < 1.29 is 4.39 Å². The van der Waals surface area contributed by atoms with Crippen LogP contribution in [-0.2, 0) is 0 Å². The van der Waals surface area contributed by atoms with Gasteiger partial charge >= 0.3 is 0 Å². The minimum absolute atomic E-state index is 0.295. The lowest BCUT2D eigenvalue weighted by Gasteiger charge is -2.03. The maximum atomic E-state index is 13.4. The molecule has 0 atom stereocenters. The van der Waals surface area contributed by atoms with E-state index in [4.69, 9.17) is 5.73 Å². The van der Waals surface area contributed by atoms with Crippen LogP contribution in [0.3, 0.4) is 0 Å². The van der Waals surface area contributed by atoms with Gasteiger partial charge in [-0.15, -0.1) is 0 Å². The van der Waals surface area contributed by atoms with Gasteiger partial charge in [-0.25, -0.2) is 4.39 Å². The minimum atomic E-state index is -0.295. The molecule has 1 aromatic heterocycles. The molecule has 0 bridgehead atoms. The summed E-state index contributed by atoms with van der Waals surface area (Å²) >= 11 is 1.35. The van der Waals surface area contributed by atoms with Gasteiger partial charge in [0.05, 0.1) is 0 Å². The molecule has 0 radical (unpaired) electrons. The number of halogens is 1. The number of hydrogen-bond donors (Lipinski definition) is 1. The molecule has 0 aliphatic heterocycles. The molecule has 2 N–H and O–H groups in total. The number of aromatic nitrogens is 1. The molecule has 2 rings (SSSR count). The van der Waals surface area contributed by atoms with Gasteiger partial charge in [0.2, 0.25) is 0 Å². The summed E-state index contributed by atoms with van der Waals surface area (Å²) in [5, 5.41) is 0. The Morgan fingerprint density at radius 3 is 2.53 bits per heavy atom. The van der Waals surface area contributed by atoms with E-state index in [-0.39, 0.29) is 5.82 Å². The predicted octanol–water partition coefficient (Wildman–Crippen LogP) is 2.95. The van der Waals surface area contributed by atoms with Gasteiger partial charge in [-0.05, 0) is 30.3 Å². The number of rotatable bonds is 2. The zero-order chi connectivity index (χ0) is 10.7. The summed E-state index contributed by atoms with van der Waals surface area (Å²) < 4.78 is 13.4. The molecule has 76 valence electrons. The molecule has 0 aliphatic carbocycles. The van der Waals surface area contributed by atoms with E-state index >= 15 is 0 Å². The van der Waals surface area contributed by atoms with Gasteiger partial charge in [-0.3, -0.25) is 4.98 Å². The van der Waals surface area contributed by atoms with Crippen molar-refractivity contribution in [2.45, 2.75) is 9.79 Å². The summed E-state index contributed by atoms with van der Waals surface area (Å²) in [5.41, 5.74) is 5.90. The Bertz CT molecular complexity index is 459. The van der Waals surface area contributed by atoms with Gasteiger partial charge in [0, 0.05) is 27.9 Å². The molecule has 2 aromatic rings. The fourth-order valence-electron chi connectivity index (χ4n) is 1.13. The number of pyridine rings is 1. The quantitative estimate of drug-likeness (QED) is 0.791. The third-order valence-corrected chi connectivity index (χ3v) is 2.89. The number of nitrogens with two attached hydrogens (primary N) is 1. The number of benzene rings is 1. The van der Waals surface area contributed by atoms with E-state index in [1.54, 1.807) is 24.5 Å². The smallest absolute Gasteiger partial charge is 0.139 e. The van der Waals surface area contributed by atoms with Gasteiger partial charge in [-0.1, -0.05) is 11.8 Å². The fourth-order valence-corrected chi connectivity index (χ4v) is 1.94. The first-order chi connectivity index (χ1) is 7.25. The highest BCUT2D eigenvalue weighted by molar-refractivity contribution is 7.99. The second-order valence-corrected chi connectivity index (χ2v) is 4.09. The average Bonchev–Trinajstić information content (AvgIpc) is 2.24. The van der Waals surface area contributed by atoms with Gasteiger partial charge in [-0.2, -0.15) is 0 Å². The SMILES string of the molecule is Nc1ccc(Sc2ccncc2)c(F)c1. The fraction of sp³-hybridized carbons (Fsp3) is 0. The second-order valence-electron chi connectivity index (χ2n) is 2.97. The van der Waals surface area contributed by atoms with Crippen LogP contribution in [0, 0.1) is 5.82 Å². The van der Waals surface area contributed by atoms with Crippen LogP contribution in [0.2, 0.25) is 0 Å². The van der Waals surface area contributed by atoms with Crippen molar-refractivity contribution in [2.75, 3.05) is 5.73 Å². The number of nitrogen functional groups attached to an aromatic ring is 1. The topological polar surface area (TPSA) is 38.9 Å². The molecular weight excluding hydrogens is 211 g/mol. The van der Waals surface area contributed by atoms with E-state index in [0.717, 1.165) is 4.90 Å². The first kappa shape index (κ1) is 9.98. The van der Waals surface area contributed by atoms with Gasteiger partial charge in [0.25, 0.3) is 0 Å². The van der Waals surface area contributed by atoms with Gasteiger partial charge < -0.3 is 5.73 Å².